The predicted octanol–water partition coefficient (Wildman–Crippen LogP) is 1.36. The van der Waals surface area contributed by atoms with Gasteiger partial charge in [-0.25, -0.2) is 13.6 Å². The Hall–Kier alpha value is -4.89. The number of nitrogens with zero attached hydrogens (tertiary/aromatic N) is 3. The lowest BCUT2D eigenvalue weighted by atomic mass is 10.0. The van der Waals surface area contributed by atoms with Crippen LogP contribution in [-0.4, -0.2) is 119 Å². The number of fused-ring (bicyclic) bond motifs is 2. The second-order valence-corrected chi connectivity index (χ2v) is 14.1. The van der Waals surface area contributed by atoms with Crippen LogP contribution in [0.2, 0.25) is 0 Å². The second kappa shape index (κ2) is 18.2. The van der Waals surface area contributed by atoms with Gasteiger partial charge in [0.1, 0.15) is 54.5 Å². The number of likely N-dealkylation sites (N-methyl/N-ethyl adjacent to an activating group) is 1. The van der Waals surface area contributed by atoms with Crippen LogP contribution in [0.15, 0.2) is 30.4 Å². The number of benzene rings is 1. The molecule has 0 radical (unpaired) electrons. The molecule has 0 bridgehead atoms. The van der Waals surface area contributed by atoms with Crippen LogP contribution in [0.4, 0.5) is 8.78 Å². The van der Waals surface area contributed by atoms with Crippen LogP contribution in [-0.2, 0) is 44.7 Å². The first-order chi connectivity index (χ1) is 25.1. The maximum absolute atomic E-state index is 14.2. The minimum atomic E-state index is -1.56. The fourth-order valence-electron chi connectivity index (χ4n) is 6.91. The van der Waals surface area contributed by atoms with Crippen molar-refractivity contribution in [1.82, 2.24) is 30.7 Å². The lowest BCUT2D eigenvalue weighted by Crippen LogP contribution is -2.60. The van der Waals surface area contributed by atoms with Crippen LogP contribution in [0.5, 0.6) is 0 Å². The Bertz CT molecular complexity index is 1590. The average Bonchev–Trinajstić information content (AvgIpc) is 3.80. The third-order valence-electron chi connectivity index (χ3n) is 9.99. The van der Waals surface area contributed by atoms with Crippen LogP contribution in [0.25, 0.3) is 0 Å². The normalized spacial score (nSPS) is 25.8. The zero-order valence-electron chi connectivity index (χ0n) is 30.9. The van der Waals surface area contributed by atoms with Gasteiger partial charge in [0.15, 0.2) is 0 Å². The minimum absolute atomic E-state index is 0.0497. The fraction of sp³-hybridized carbons (Fsp3) is 0.595. The Balaban J connectivity index is 1.67. The largest absolute Gasteiger partial charge is 0.461 e. The van der Waals surface area contributed by atoms with Gasteiger partial charge in [-0.3, -0.25) is 28.8 Å². The molecule has 0 aliphatic carbocycles. The molecule has 0 saturated carbocycles. The highest BCUT2D eigenvalue weighted by Gasteiger charge is 2.43. The van der Waals surface area contributed by atoms with Crippen molar-refractivity contribution in [3.63, 3.8) is 0 Å². The third-order valence-corrected chi connectivity index (χ3v) is 9.99. The van der Waals surface area contributed by atoms with Gasteiger partial charge in [-0.15, -0.1) is 0 Å². The molecule has 0 spiro atoms. The van der Waals surface area contributed by atoms with Gasteiger partial charge >= 0.3 is 5.97 Å². The molecule has 7 atom stereocenters. The number of allylic oxidation sites excluding steroid dienone is 1. The summed E-state index contributed by atoms with van der Waals surface area (Å²) in [6.07, 6.45) is 5.68. The predicted molar refractivity (Wildman–Crippen MR) is 187 cm³/mol. The van der Waals surface area contributed by atoms with E-state index >= 15 is 0 Å². The van der Waals surface area contributed by atoms with E-state index in [9.17, 15) is 42.3 Å². The molecule has 6 amide bonds. The molecule has 0 aromatic heterocycles. The Morgan fingerprint density at radius 2 is 1.58 bits per heavy atom. The smallest absolute Gasteiger partial charge is 0.328 e. The highest BCUT2D eigenvalue weighted by molar-refractivity contribution is 5.98. The third kappa shape index (κ3) is 10.4. The van der Waals surface area contributed by atoms with Gasteiger partial charge in [0.25, 0.3) is 0 Å². The summed E-state index contributed by atoms with van der Waals surface area (Å²) in [5, 5.41) is 7.74. The number of carbonyl (C=O) groups excluding carboxylic acids is 7. The van der Waals surface area contributed by atoms with E-state index in [2.05, 4.69) is 16.0 Å². The maximum atomic E-state index is 14.2. The summed E-state index contributed by atoms with van der Waals surface area (Å²) in [7, 11) is 1.42. The van der Waals surface area contributed by atoms with Crippen molar-refractivity contribution in [1.29, 1.82) is 0 Å². The van der Waals surface area contributed by atoms with Crippen molar-refractivity contribution in [2.24, 2.45) is 5.92 Å². The number of cyclic esters (lactones) is 1. The SMILES string of the molecule is CCCC(C)/C=C/C(=O)N[C@@H](Cc1cc(F)cc(F)c1)C(=O)N[C@H]1COC(=O)[C@@H]2CCCN2C(=O)[C@H](C)NC(=O)[C@H](C)N(C)C(=O)[C@@H]2CCCN2C1=O. The minimum Gasteiger partial charge on any atom is -0.461 e. The average molecular weight is 745 g/mol. The summed E-state index contributed by atoms with van der Waals surface area (Å²) in [6, 6.07) is -4.38. The summed E-state index contributed by atoms with van der Waals surface area (Å²) in [4.78, 5) is 98.6. The van der Waals surface area contributed by atoms with Gasteiger partial charge in [-0.05, 0) is 75.6 Å². The molecule has 1 unspecified atom stereocenters. The van der Waals surface area contributed by atoms with Crippen molar-refractivity contribution < 1.29 is 47.1 Å². The topological polar surface area (TPSA) is 175 Å². The number of ether oxygens (including phenoxy) is 1. The maximum Gasteiger partial charge on any atom is 0.328 e. The van der Waals surface area contributed by atoms with Crippen molar-refractivity contribution in [2.75, 3.05) is 26.7 Å². The number of halogens is 2. The van der Waals surface area contributed by atoms with Crippen LogP contribution in [0.1, 0.15) is 71.8 Å². The van der Waals surface area contributed by atoms with Gasteiger partial charge in [0.2, 0.25) is 35.4 Å². The summed E-state index contributed by atoms with van der Waals surface area (Å²) >= 11 is 0. The molecule has 3 aliphatic heterocycles. The fourth-order valence-corrected chi connectivity index (χ4v) is 6.91. The molecular weight excluding hydrogens is 694 g/mol. The zero-order chi connectivity index (χ0) is 39.0. The Morgan fingerprint density at radius 3 is 2.23 bits per heavy atom. The first-order valence-electron chi connectivity index (χ1n) is 18.2. The monoisotopic (exact) mass is 744 g/mol. The number of hydrogen-bond acceptors (Lipinski definition) is 8. The molecule has 3 heterocycles. The van der Waals surface area contributed by atoms with E-state index < -0.39 is 95.9 Å². The van der Waals surface area contributed by atoms with Crippen LogP contribution in [0.3, 0.4) is 0 Å². The standard InChI is InChI=1S/C37H50F2N6O8/c1-6-9-21(2)12-13-31(46)41-27(18-24-16-25(38)19-26(39)17-24)33(48)42-28-20-53-37(52)30-11-8-15-45(30)34(49)22(3)40-32(47)23(4)43(5)36(51)29-10-7-14-44(29)35(28)50/h12-13,16-17,19,21-23,27-30H,6-11,14-15,18,20H2,1-5H3,(H,40,47)(H,41,46)(H,42,48)/b13-12+/t21?,22-,23-,27-,28-,29-,30-/m0/s1. The highest BCUT2D eigenvalue weighted by Crippen LogP contribution is 2.23. The van der Waals surface area contributed by atoms with Crippen LogP contribution in [0, 0.1) is 17.6 Å². The lowest BCUT2D eigenvalue weighted by molar-refractivity contribution is -0.158. The molecule has 3 aliphatic rings. The van der Waals surface area contributed by atoms with Gasteiger partial charge in [-0.1, -0.05) is 26.3 Å². The van der Waals surface area contributed by atoms with E-state index in [1.54, 1.807) is 6.08 Å². The van der Waals surface area contributed by atoms with Crippen molar-refractivity contribution >= 4 is 41.4 Å². The van der Waals surface area contributed by atoms with Gasteiger partial charge in [0, 0.05) is 32.6 Å². The first kappa shape index (κ1) is 40.9. The number of amides is 6. The molecule has 16 heteroatoms. The van der Waals surface area contributed by atoms with Gasteiger partial charge in [-0.2, -0.15) is 0 Å². The molecule has 290 valence electrons. The highest BCUT2D eigenvalue weighted by atomic mass is 19.1. The van der Waals surface area contributed by atoms with E-state index in [4.69, 9.17) is 4.74 Å². The molecule has 1 aromatic rings. The van der Waals surface area contributed by atoms with Crippen molar-refractivity contribution in [3.05, 3.63) is 47.5 Å². The Labute approximate surface area is 308 Å². The second-order valence-electron chi connectivity index (χ2n) is 14.1. The number of nitrogens with one attached hydrogen (secondary N) is 3. The molecule has 3 fully saturated rings. The van der Waals surface area contributed by atoms with E-state index in [-0.39, 0.29) is 43.8 Å². The number of esters is 1. The molecule has 3 N–H and O–H groups in total. The summed E-state index contributed by atoms with van der Waals surface area (Å²) in [5.74, 6) is -6.58. The molecule has 14 nitrogen and oxygen atoms in total. The lowest BCUT2D eigenvalue weighted by Gasteiger charge is -2.34. The van der Waals surface area contributed by atoms with Crippen molar-refractivity contribution in [3.8, 4) is 0 Å². The molecular formula is C37H50F2N6O8. The molecule has 53 heavy (non-hydrogen) atoms. The van der Waals surface area contributed by atoms with Crippen LogP contribution >= 0.6 is 0 Å². The van der Waals surface area contributed by atoms with Crippen molar-refractivity contribution in [2.45, 2.75) is 109 Å². The Morgan fingerprint density at radius 1 is 0.962 bits per heavy atom. The number of carbonyl (C=O) groups is 7. The van der Waals surface area contributed by atoms with E-state index in [1.165, 1.54) is 41.7 Å². The van der Waals surface area contributed by atoms with Crippen LogP contribution < -0.4 is 16.0 Å². The number of hydrogen-bond donors (Lipinski definition) is 3. The number of rotatable bonds is 9. The van der Waals surface area contributed by atoms with Gasteiger partial charge in [0.05, 0.1) is 0 Å². The van der Waals surface area contributed by atoms with E-state index in [0.717, 1.165) is 25.0 Å². The zero-order valence-corrected chi connectivity index (χ0v) is 30.9. The van der Waals surface area contributed by atoms with E-state index in [1.807, 2.05) is 13.8 Å². The van der Waals surface area contributed by atoms with Gasteiger partial charge < -0.3 is 35.4 Å². The van der Waals surface area contributed by atoms with E-state index in [0.29, 0.717) is 18.9 Å². The quantitative estimate of drug-likeness (QED) is 0.251. The first-order valence-corrected chi connectivity index (χ1v) is 18.2. The summed E-state index contributed by atoms with van der Waals surface area (Å²) in [6.45, 7) is 6.55. The molecule has 1 aromatic carbocycles. The molecule has 3 saturated heterocycles. The molecule has 4 rings (SSSR count). The Kier molecular flexibility index (Phi) is 14.1. The summed E-state index contributed by atoms with van der Waals surface area (Å²) < 4.78 is 33.9. The summed E-state index contributed by atoms with van der Waals surface area (Å²) in [5.41, 5.74) is 0.0497.